The van der Waals surface area contributed by atoms with Crippen molar-refractivity contribution in [2.75, 3.05) is 6.61 Å². The van der Waals surface area contributed by atoms with Gasteiger partial charge in [0.1, 0.15) is 0 Å². The van der Waals surface area contributed by atoms with Gasteiger partial charge in [0.05, 0.1) is 18.8 Å². The molecule has 0 rings (SSSR count). The molecule has 4 heteroatoms. The lowest BCUT2D eigenvalue weighted by Gasteiger charge is -2.20. The summed E-state index contributed by atoms with van der Waals surface area (Å²) in [5.74, 6) is -0.0596. The number of unbranched alkanes of at least 4 members (excludes halogenated alkanes) is 47. The normalized spacial score (nSPS) is 13.1. The second-order valence-corrected chi connectivity index (χ2v) is 23.6. The van der Waals surface area contributed by atoms with Gasteiger partial charge in [0, 0.05) is 6.42 Å². The van der Waals surface area contributed by atoms with E-state index in [-0.39, 0.29) is 12.5 Å². The fourth-order valence-corrected chi connectivity index (χ4v) is 10.7. The molecular formula is C73H135NO3. The summed E-state index contributed by atoms with van der Waals surface area (Å²) in [4.78, 5) is 12.5. The fraction of sp³-hybridized carbons (Fsp3) is 0.822. The summed E-state index contributed by atoms with van der Waals surface area (Å²) >= 11 is 0. The van der Waals surface area contributed by atoms with Crippen molar-refractivity contribution in [3.8, 4) is 0 Å². The summed E-state index contributed by atoms with van der Waals surface area (Å²) < 4.78 is 0. The number of aliphatic hydroxyl groups is 2. The molecule has 2 unspecified atom stereocenters. The molecule has 0 bridgehead atoms. The molecule has 0 spiro atoms. The first kappa shape index (κ1) is 74.8. The van der Waals surface area contributed by atoms with Crippen molar-refractivity contribution in [1.82, 2.24) is 5.32 Å². The smallest absolute Gasteiger partial charge is 0.220 e. The molecular weight excluding hydrogens is 939 g/mol. The van der Waals surface area contributed by atoms with Gasteiger partial charge in [-0.25, -0.2) is 0 Å². The Bertz CT molecular complexity index is 1310. The van der Waals surface area contributed by atoms with Gasteiger partial charge in [-0.3, -0.25) is 4.79 Å². The van der Waals surface area contributed by atoms with Crippen molar-refractivity contribution in [3.63, 3.8) is 0 Å². The maximum absolute atomic E-state index is 12.5. The largest absolute Gasteiger partial charge is 0.394 e. The number of hydrogen-bond donors (Lipinski definition) is 3. The quantitative estimate of drug-likeness (QED) is 0.0420. The SMILES string of the molecule is CC/C=C\C/C=C\C/C=C\C/C=C\C/C=C\CCCCCCCCCCCCCCCCCCCC(=O)NC(CO)C(O)/C=C/CCCCCCCCCCCCCCCCCCCCCCCCCCCCCCCC. The molecule has 77 heavy (non-hydrogen) atoms. The van der Waals surface area contributed by atoms with E-state index in [1.165, 1.54) is 289 Å². The van der Waals surface area contributed by atoms with Crippen LogP contribution in [0.4, 0.5) is 0 Å². The Balaban J connectivity index is 3.45. The first-order valence-corrected chi connectivity index (χ1v) is 34.7. The number of rotatable bonds is 64. The number of aliphatic hydroxyl groups excluding tert-OH is 2. The van der Waals surface area contributed by atoms with E-state index in [4.69, 9.17) is 0 Å². The van der Waals surface area contributed by atoms with Gasteiger partial charge in [-0.15, -0.1) is 0 Å². The standard InChI is InChI=1S/C73H135NO3/c1-3-5-7-9-11-13-15-17-19-21-23-25-27-29-31-33-35-37-39-41-43-45-47-49-51-53-55-57-59-61-63-65-67-69-73(77)74-71(70-75)72(76)68-66-64-62-60-58-56-54-52-50-48-46-44-42-40-38-36-34-32-30-28-26-24-22-20-18-16-14-12-10-8-6-4-2/h5,7,11,13,17,19,23,25,29,31,66,68,71-72,75-76H,3-4,6,8-10,12,14-16,18,20-22,24,26-28,30,32-65,67,69-70H2,1-2H3,(H,74,77)/b7-5-,13-11-,19-17-,25-23-,31-29-,68-66+. The molecule has 0 aliphatic carbocycles. The first-order valence-electron chi connectivity index (χ1n) is 34.7. The van der Waals surface area contributed by atoms with Gasteiger partial charge in [0.2, 0.25) is 5.91 Å². The highest BCUT2D eigenvalue weighted by Crippen LogP contribution is 2.19. The molecule has 0 aliphatic heterocycles. The summed E-state index contributed by atoms with van der Waals surface area (Å²) in [7, 11) is 0. The highest BCUT2D eigenvalue weighted by molar-refractivity contribution is 5.76. The summed E-state index contributed by atoms with van der Waals surface area (Å²) in [6.07, 6.45) is 98.4. The van der Waals surface area contributed by atoms with E-state index < -0.39 is 12.1 Å². The molecule has 0 saturated carbocycles. The highest BCUT2D eigenvalue weighted by atomic mass is 16.3. The van der Waals surface area contributed by atoms with Gasteiger partial charge >= 0.3 is 0 Å². The van der Waals surface area contributed by atoms with E-state index in [0.29, 0.717) is 6.42 Å². The molecule has 1 amide bonds. The van der Waals surface area contributed by atoms with Gasteiger partial charge in [-0.2, -0.15) is 0 Å². The average Bonchev–Trinajstić information content (AvgIpc) is 3.43. The van der Waals surface area contributed by atoms with E-state index in [2.05, 4.69) is 79.9 Å². The molecule has 0 heterocycles. The van der Waals surface area contributed by atoms with Crippen molar-refractivity contribution in [3.05, 3.63) is 72.9 Å². The molecule has 0 aliphatic rings. The van der Waals surface area contributed by atoms with E-state index in [1.54, 1.807) is 6.08 Å². The third kappa shape index (κ3) is 64.5. The van der Waals surface area contributed by atoms with E-state index in [0.717, 1.165) is 57.8 Å². The highest BCUT2D eigenvalue weighted by Gasteiger charge is 2.18. The molecule has 450 valence electrons. The van der Waals surface area contributed by atoms with Crippen LogP contribution in [0.1, 0.15) is 367 Å². The summed E-state index contributed by atoms with van der Waals surface area (Å²) in [5.41, 5.74) is 0. The third-order valence-electron chi connectivity index (χ3n) is 15.9. The number of allylic oxidation sites excluding steroid dienone is 11. The van der Waals surface area contributed by atoms with Crippen molar-refractivity contribution < 1.29 is 15.0 Å². The molecule has 0 saturated heterocycles. The van der Waals surface area contributed by atoms with E-state index >= 15 is 0 Å². The third-order valence-corrected chi connectivity index (χ3v) is 15.9. The molecule has 0 aromatic rings. The number of hydrogen-bond acceptors (Lipinski definition) is 3. The number of carbonyl (C=O) groups excluding carboxylic acids is 1. The molecule has 0 fully saturated rings. The van der Waals surface area contributed by atoms with Gasteiger partial charge in [0.15, 0.2) is 0 Å². The lowest BCUT2D eigenvalue weighted by atomic mass is 10.0. The number of nitrogens with one attached hydrogen (secondary N) is 1. The minimum Gasteiger partial charge on any atom is -0.394 e. The second kappa shape index (κ2) is 68.1. The minimum absolute atomic E-state index is 0.0596. The van der Waals surface area contributed by atoms with E-state index in [1.807, 2.05) is 6.08 Å². The van der Waals surface area contributed by atoms with Gasteiger partial charge in [0.25, 0.3) is 0 Å². The van der Waals surface area contributed by atoms with Crippen LogP contribution in [0.2, 0.25) is 0 Å². The zero-order valence-electron chi connectivity index (χ0n) is 52.0. The fourth-order valence-electron chi connectivity index (χ4n) is 10.7. The Kier molecular flexibility index (Phi) is 66.2. The van der Waals surface area contributed by atoms with Crippen molar-refractivity contribution in [2.24, 2.45) is 0 Å². The maximum atomic E-state index is 12.5. The van der Waals surface area contributed by atoms with Gasteiger partial charge < -0.3 is 15.5 Å². The van der Waals surface area contributed by atoms with Crippen LogP contribution in [0.3, 0.4) is 0 Å². The van der Waals surface area contributed by atoms with Crippen LogP contribution in [0.15, 0.2) is 72.9 Å². The molecule has 0 aromatic heterocycles. The zero-order chi connectivity index (χ0) is 55.5. The van der Waals surface area contributed by atoms with Crippen molar-refractivity contribution in [1.29, 1.82) is 0 Å². The monoisotopic (exact) mass is 1070 g/mol. The first-order chi connectivity index (χ1) is 38.2. The average molecular weight is 1070 g/mol. The summed E-state index contributed by atoms with van der Waals surface area (Å²) in [5, 5.41) is 23.3. The van der Waals surface area contributed by atoms with Gasteiger partial charge in [-0.1, -0.05) is 369 Å². The summed E-state index contributed by atoms with van der Waals surface area (Å²) in [6.45, 7) is 4.23. The molecule has 2 atom stereocenters. The number of carbonyl (C=O) groups is 1. The number of amides is 1. The minimum atomic E-state index is -0.843. The Morgan fingerprint density at radius 1 is 0.325 bits per heavy atom. The predicted octanol–water partition coefficient (Wildman–Crippen LogP) is 23.7. The van der Waals surface area contributed by atoms with Crippen molar-refractivity contribution in [2.45, 2.75) is 379 Å². The molecule has 4 nitrogen and oxygen atoms in total. The Hall–Kier alpha value is -2.17. The maximum Gasteiger partial charge on any atom is 0.220 e. The van der Waals surface area contributed by atoms with Crippen LogP contribution in [0.25, 0.3) is 0 Å². The van der Waals surface area contributed by atoms with Crippen LogP contribution >= 0.6 is 0 Å². The lowest BCUT2D eigenvalue weighted by molar-refractivity contribution is -0.123. The zero-order valence-corrected chi connectivity index (χ0v) is 52.0. The topological polar surface area (TPSA) is 69.6 Å². The van der Waals surface area contributed by atoms with Crippen LogP contribution in [-0.4, -0.2) is 34.9 Å². The second-order valence-electron chi connectivity index (χ2n) is 23.6. The molecule has 0 aromatic carbocycles. The summed E-state index contributed by atoms with van der Waals surface area (Å²) in [6, 6.07) is -0.626. The van der Waals surface area contributed by atoms with Crippen LogP contribution in [0, 0.1) is 0 Å². The van der Waals surface area contributed by atoms with E-state index in [9.17, 15) is 15.0 Å². The van der Waals surface area contributed by atoms with Crippen LogP contribution in [-0.2, 0) is 4.79 Å². The molecule has 3 N–H and O–H groups in total. The lowest BCUT2D eigenvalue weighted by Crippen LogP contribution is -2.45. The van der Waals surface area contributed by atoms with Gasteiger partial charge in [-0.05, 0) is 64.2 Å². The Labute approximate surface area is 482 Å². The Morgan fingerprint density at radius 3 is 0.857 bits per heavy atom. The van der Waals surface area contributed by atoms with Crippen molar-refractivity contribution >= 4 is 5.91 Å². The van der Waals surface area contributed by atoms with Crippen LogP contribution < -0.4 is 5.32 Å². The Morgan fingerprint density at radius 2 is 0.571 bits per heavy atom. The van der Waals surface area contributed by atoms with Crippen LogP contribution in [0.5, 0.6) is 0 Å². The molecule has 0 radical (unpaired) electrons. The predicted molar refractivity (Wildman–Crippen MR) is 345 cm³/mol.